The molecule has 6 heteroatoms. The minimum Gasteiger partial charge on any atom is -0.383 e. The van der Waals surface area contributed by atoms with Gasteiger partial charge in [0.2, 0.25) is 0 Å². The van der Waals surface area contributed by atoms with Gasteiger partial charge in [0, 0.05) is 18.5 Å². The summed E-state index contributed by atoms with van der Waals surface area (Å²) in [5.74, 6) is 0. The molecule has 1 aromatic rings. The van der Waals surface area contributed by atoms with Gasteiger partial charge < -0.3 is 10.1 Å². The number of nitrogens with one attached hydrogen (secondary N) is 2. The topological polar surface area (TPSA) is 45.6 Å². The van der Waals surface area contributed by atoms with E-state index in [0.717, 1.165) is 4.88 Å². The Balaban J connectivity index is 2.16. The molecule has 1 aromatic heterocycles. The van der Waals surface area contributed by atoms with E-state index in [-0.39, 0.29) is 0 Å². The molecule has 0 amide bonds. The van der Waals surface area contributed by atoms with Gasteiger partial charge in [0.25, 0.3) is 0 Å². The van der Waals surface area contributed by atoms with Crippen molar-refractivity contribution >= 4 is 34.9 Å². The maximum Gasteiger partial charge on any atom is 0.187 e. The van der Waals surface area contributed by atoms with Crippen molar-refractivity contribution in [2.45, 2.75) is 0 Å². The third kappa shape index (κ3) is 5.46. The molecule has 82 valence electrons. The van der Waals surface area contributed by atoms with Crippen LogP contribution in [0.25, 0.3) is 0 Å². The first kappa shape index (κ1) is 12.1. The van der Waals surface area contributed by atoms with E-state index in [0.29, 0.717) is 18.3 Å². The molecule has 0 aliphatic heterocycles. The van der Waals surface area contributed by atoms with E-state index in [4.69, 9.17) is 17.0 Å². The summed E-state index contributed by atoms with van der Waals surface area (Å²) in [5, 5.41) is 9.43. The predicted octanol–water partition coefficient (Wildman–Crippen LogP) is 1.19. The highest BCUT2D eigenvalue weighted by atomic mass is 32.1. The fraction of sp³-hybridized carbons (Fsp3) is 0.333. The second-order valence-electron chi connectivity index (χ2n) is 2.63. The molecule has 0 saturated carbocycles. The minimum absolute atomic E-state index is 0.500. The van der Waals surface area contributed by atoms with E-state index in [1.807, 2.05) is 17.5 Å². The number of ether oxygens (including phenoxy) is 1. The minimum atomic E-state index is 0.500. The number of thiophene rings is 1. The molecule has 0 bridgehead atoms. The van der Waals surface area contributed by atoms with Crippen molar-refractivity contribution in [3.05, 3.63) is 22.4 Å². The molecule has 15 heavy (non-hydrogen) atoms. The Morgan fingerprint density at radius 2 is 2.60 bits per heavy atom. The maximum absolute atomic E-state index is 4.97. The largest absolute Gasteiger partial charge is 0.383 e. The molecule has 0 aromatic carbocycles. The Morgan fingerprint density at radius 1 is 1.73 bits per heavy atom. The van der Waals surface area contributed by atoms with Gasteiger partial charge in [0.05, 0.1) is 12.8 Å². The standard InChI is InChI=1S/C9H13N3OS2/c1-13-5-4-10-9(14)12-11-7-8-3-2-6-15-8/h2-3,6-7H,4-5H2,1H3,(H2,10,12,14). The van der Waals surface area contributed by atoms with Crippen molar-refractivity contribution in [1.29, 1.82) is 0 Å². The Labute approximate surface area is 98.3 Å². The van der Waals surface area contributed by atoms with Gasteiger partial charge in [0.15, 0.2) is 5.11 Å². The Bertz CT molecular complexity index is 311. The van der Waals surface area contributed by atoms with Gasteiger partial charge in [-0.05, 0) is 23.7 Å². The quantitative estimate of drug-likeness (QED) is 0.353. The van der Waals surface area contributed by atoms with E-state index >= 15 is 0 Å². The second-order valence-corrected chi connectivity index (χ2v) is 4.02. The molecule has 1 rings (SSSR count). The van der Waals surface area contributed by atoms with Gasteiger partial charge in [-0.15, -0.1) is 11.3 Å². The number of hydrogen-bond acceptors (Lipinski definition) is 4. The van der Waals surface area contributed by atoms with Crippen LogP contribution in [-0.2, 0) is 4.74 Å². The lowest BCUT2D eigenvalue weighted by Gasteiger charge is -2.04. The monoisotopic (exact) mass is 243 g/mol. The number of nitrogens with zero attached hydrogens (tertiary/aromatic N) is 1. The molecular weight excluding hydrogens is 230 g/mol. The second kappa shape index (κ2) is 7.33. The lowest BCUT2D eigenvalue weighted by Crippen LogP contribution is -2.34. The summed E-state index contributed by atoms with van der Waals surface area (Å²) >= 11 is 6.60. The highest BCUT2D eigenvalue weighted by Crippen LogP contribution is 2.03. The van der Waals surface area contributed by atoms with E-state index in [2.05, 4.69) is 15.8 Å². The van der Waals surface area contributed by atoms with Crippen LogP contribution < -0.4 is 10.7 Å². The van der Waals surface area contributed by atoms with Crippen LogP contribution in [0.15, 0.2) is 22.6 Å². The van der Waals surface area contributed by atoms with Crippen LogP contribution in [0.2, 0.25) is 0 Å². The predicted molar refractivity (Wildman–Crippen MR) is 67.5 cm³/mol. The number of thiocarbonyl (C=S) groups is 1. The van der Waals surface area contributed by atoms with Crippen LogP contribution in [0.1, 0.15) is 4.88 Å². The van der Waals surface area contributed by atoms with Crippen LogP contribution in [0, 0.1) is 0 Å². The Kier molecular flexibility index (Phi) is 5.91. The summed E-state index contributed by atoms with van der Waals surface area (Å²) in [6.45, 7) is 1.30. The van der Waals surface area contributed by atoms with E-state index < -0.39 is 0 Å². The summed E-state index contributed by atoms with van der Waals surface area (Å²) in [4.78, 5) is 1.09. The van der Waals surface area contributed by atoms with Crippen LogP contribution in [0.4, 0.5) is 0 Å². The number of rotatable bonds is 5. The van der Waals surface area contributed by atoms with Crippen LogP contribution >= 0.6 is 23.6 Å². The molecule has 0 aliphatic carbocycles. The van der Waals surface area contributed by atoms with E-state index in [1.165, 1.54) is 0 Å². The average molecular weight is 243 g/mol. The Morgan fingerprint density at radius 3 is 3.27 bits per heavy atom. The molecule has 4 nitrogen and oxygen atoms in total. The molecule has 0 saturated heterocycles. The van der Waals surface area contributed by atoms with Gasteiger partial charge in [-0.25, -0.2) is 0 Å². The first-order chi connectivity index (χ1) is 7.33. The summed E-state index contributed by atoms with van der Waals surface area (Å²) < 4.78 is 4.87. The molecular formula is C9H13N3OS2. The van der Waals surface area contributed by atoms with Crippen LogP contribution in [-0.4, -0.2) is 31.6 Å². The van der Waals surface area contributed by atoms with Crippen molar-refractivity contribution in [2.24, 2.45) is 5.10 Å². The highest BCUT2D eigenvalue weighted by molar-refractivity contribution is 7.80. The number of hydrazone groups is 1. The zero-order chi connectivity index (χ0) is 10.9. The fourth-order valence-electron chi connectivity index (χ4n) is 0.825. The van der Waals surface area contributed by atoms with Gasteiger partial charge in [0.1, 0.15) is 0 Å². The molecule has 0 radical (unpaired) electrons. The fourth-order valence-corrected chi connectivity index (χ4v) is 1.57. The highest BCUT2D eigenvalue weighted by Gasteiger charge is 1.91. The number of hydrogen-bond donors (Lipinski definition) is 2. The van der Waals surface area contributed by atoms with Crippen molar-refractivity contribution in [3.8, 4) is 0 Å². The first-order valence-corrected chi connectivity index (χ1v) is 5.71. The molecule has 0 aliphatic rings. The smallest absolute Gasteiger partial charge is 0.187 e. The van der Waals surface area contributed by atoms with Gasteiger partial charge in [-0.1, -0.05) is 6.07 Å². The zero-order valence-corrected chi connectivity index (χ0v) is 10.0. The summed E-state index contributed by atoms with van der Waals surface area (Å²) in [7, 11) is 1.65. The SMILES string of the molecule is COCCNC(=S)NN=Cc1cccs1. The van der Waals surface area contributed by atoms with E-state index in [9.17, 15) is 0 Å². The normalized spacial score (nSPS) is 10.5. The molecule has 2 N–H and O–H groups in total. The van der Waals surface area contributed by atoms with Crippen molar-refractivity contribution in [2.75, 3.05) is 20.3 Å². The molecule has 0 unspecified atom stereocenters. The van der Waals surface area contributed by atoms with Crippen LogP contribution in [0.5, 0.6) is 0 Å². The molecule has 1 heterocycles. The van der Waals surface area contributed by atoms with Crippen molar-refractivity contribution < 1.29 is 4.74 Å². The first-order valence-electron chi connectivity index (χ1n) is 4.42. The lowest BCUT2D eigenvalue weighted by atomic mass is 10.5. The third-order valence-electron chi connectivity index (χ3n) is 1.49. The van der Waals surface area contributed by atoms with Gasteiger partial charge in [-0.3, -0.25) is 5.43 Å². The van der Waals surface area contributed by atoms with Crippen molar-refractivity contribution in [3.63, 3.8) is 0 Å². The van der Waals surface area contributed by atoms with Crippen molar-refractivity contribution in [1.82, 2.24) is 10.7 Å². The summed E-state index contributed by atoms with van der Waals surface area (Å²) in [6.07, 6.45) is 1.73. The molecule has 0 fully saturated rings. The Hall–Kier alpha value is -0.980. The van der Waals surface area contributed by atoms with Gasteiger partial charge in [-0.2, -0.15) is 5.10 Å². The summed E-state index contributed by atoms with van der Waals surface area (Å²) in [6, 6.07) is 3.96. The third-order valence-corrected chi connectivity index (χ3v) is 2.54. The average Bonchev–Trinajstić information content (AvgIpc) is 2.71. The number of methoxy groups -OCH3 is 1. The van der Waals surface area contributed by atoms with E-state index in [1.54, 1.807) is 24.7 Å². The molecule has 0 spiro atoms. The summed E-state index contributed by atoms with van der Waals surface area (Å²) in [5.41, 5.74) is 2.72. The lowest BCUT2D eigenvalue weighted by molar-refractivity contribution is 0.204. The zero-order valence-electron chi connectivity index (χ0n) is 8.40. The van der Waals surface area contributed by atoms with Gasteiger partial charge >= 0.3 is 0 Å². The maximum atomic E-state index is 4.97. The van der Waals surface area contributed by atoms with Crippen LogP contribution in [0.3, 0.4) is 0 Å². The molecule has 0 atom stereocenters.